The summed E-state index contributed by atoms with van der Waals surface area (Å²) in [5.41, 5.74) is 11.2. The lowest BCUT2D eigenvalue weighted by Gasteiger charge is -2.20. The standard InChI is InChI=1S/C11H17N5OS/c1-2-3-6-16(7-9(12)17)11-14-5-4-8(15-11)10(13)18/h4-5H,2-3,6-7H2,1H3,(H2,12,17)(H2,13,18). The van der Waals surface area contributed by atoms with Crippen LogP contribution in [0.3, 0.4) is 0 Å². The molecular weight excluding hydrogens is 250 g/mol. The molecule has 0 aliphatic heterocycles. The minimum atomic E-state index is -0.421. The van der Waals surface area contributed by atoms with Crippen LogP contribution in [-0.2, 0) is 4.79 Å². The maximum absolute atomic E-state index is 11.0. The van der Waals surface area contributed by atoms with Gasteiger partial charge in [0.1, 0.15) is 10.7 Å². The van der Waals surface area contributed by atoms with E-state index in [2.05, 4.69) is 16.9 Å². The summed E-state index contributed by atoms with van der Waals surface area (Å²) in [5, 5.41) is 0. The van der Waals surface area contributed by atoms with Gasteiger partial charge in [0, 0.05) is 12.7 Å². The molecule has 1 rings (SSSR count). The van der Waals surface area contributed by atoms with Gasteiger partial charge >= 0.3 is 0 Å². The average Bonchev–Trinajstić information content (AvgIpc) is 2.34. The summed E-state index contributed by atoms with van der Waals surface area (Å²) < 4.78 is 0. The zero-order chi connectivity index (χ0) is 13.5. The van der Waals surface area contributed by atoms with Crippen LogP contribution < -0.4 is 16.4 Å². The molecule has 0 fully saturated rings. The highest BCUT2D eigenvalue weighted by Crippen LogP contribution is 2.08. The molecule has 4 N–H and O–H groups in total. The van der Waals surface area contributed by atoms with Gasteiger partial charge in [0.15, 0.2) is 0 Å². The summed E-state index contributed by atoms with van der Waals surface area (Å²) in [6, 6.07) is 1.63. The smallest absolute Gasteiger partial charge is 0.237 e. The first-order valence-electron chi connectivity index (χ1n) is 5.70. The summed E-state index contributed by atoms with van der Waals surface area (Å²) in [7, 11) is 0. The molecule has 0 spiro atoms. The Labute approximate surface area is 111 Å². The highest BCUT2D eigenvalue weighted by Gasteiger charge is 2.12. The van der Waals surface area contributed by atoms with Gasteiger partial charge in [-0.05, 0) is 12.5 Å². The van der Waals surface area contributed by atoms with Crippen molar-refractivity contribution in [3.8, 4) is 0 Å². The zero-order valence-corrected chi connectivity index (χ0v) is 11.1. The Kier molecular flexibility index (Phi) is 5.44. The highest BCUT2D eigenvalue weighted by molar-refractivity contribution is 7.80. The van der Waals surface area contributed by atoms with Crippen molar-refractivity contribution in [2.24, 2.45) is 11.5 Å². The Balaban J connectivity index is 2.92. The second-order valence-electron chi connectivity index (χ2n) is 3.85. The highest BCUT2D eigenvalue weighted by atomic mass is 32.1. The number of carbonyl (C=O) groups is 1. The Morgan fingerprint density at radius 3 is 2.78 bits per heavy atom. The van der Waals surface area contributed by atoms with Gasteiger partial charge < -0.3 is 16.4 Å². The van der Waals surface area contributed by atoms with Gasteiger partial charge in [-0.25, -0.2) is 9.97 Å². The van der Waals surface area contributed by atoms with E-state index < -0.39 is 5.91 Å². The molecule has 0 aromatic carbocycles. The third kappa shape index (κ3) is 4.25. The Morgan fingerprint density at radius 1 is 1.50 bits per heavy atom. The van der Waals surface area contributed by atoms with Crippen LogP contribution in [0.1, 0.15) is 25.5 Å². The van der Waals surface area contributed by atoms with Crippen LogP contribution >= 0.6 is 12.2 Å². The maximum Gasteiger partial charge on any atom is 0.237 e. The molecule has 6 nitrogen and oxygen atoms in total. The molecule has 1 amide bonds. The van der Waals surface area contributed by atoms with Crippen LogP contribution in [0.4, 0.5) is 5.95 Å². The number of amides is 1. The SMILES string of the molecule is CCCCN(CC(N)=O)c1nccc(C(N)=S)n1. The first kappa shape index (κ1) is 14.3. The van der Waals surface area contributed by atoms with Crippen molar-refractivity contribution in [3.63, 3.8) is 0 Å². The average molecular weight is 267 g/mol. The molecule has 0 aliphatic rings. The number of hydrogen-bond acceptors (Lipinski definition) is 5. The third-order valence-corrected chi connectivity index (χ3v) is 2.52. The van der Waals surface area contributed by atoms with E-state index in [4.69, 9.17) is 23.7 Å². The van der Waals surface area contributed by atoms with Crippen LogP contribution in [0.15, 0.2) is 12.3 Å². The van der Waals surface area contributed by atoms with E-state index in [1.54, 1.807) is 17.2 Å². The maximum atomic E-state index is 11.0. The summed E-state index contributed by atoms with van der Waals surface area (Å²) in [6.45, 7) is 2.82. The number of unbranched alkanes of at least 4 members (excludes halogenated alkanes) is 1. The molecule has 0 bridgehead atoms. The van der Waals surface area contributed by atoms with Gasteiger partial charge in [0.2, 0.25) is 11.9 Å². The zero-order valence-electron chi connectivity index (χ0n) is 10.3. The molecule has 0 radical (unpaired) electrons. The predicted octanol–water partition coefficient (Wildman–Crippen LogP) is 0.203. The van der Waals surface area contributed by atoms with Crippen LogP contribution in [0.5, 0.6) is 0 Å². The molecule has 1 aromatic rings. The van der Waals surface area contributed by atoms with Crippen molar-refractivity contribution in [1.29, 1.82) is 0 Å². The van der Waals surface area contributed by atoms with Gasteiger partial charge in [-0.15, -0.1) is 0 Å². The fourth-order valence-corrected chi connectivity index (χ4v) is 1.54. The van der Waals surface area contributed by atoms with Crippen molar-refractivity contribution >= 4 is 29.1 Å². The number of nitrogens with two attached hydrogens (primary N) is 2. The summed E-state index contributed by atoms with van der Waals surface area (Å²) in [6.07, 6.45) is 3.49. The fraction of sp³-hybridized carbons (Fsp3) is 0.455. The van der Waals surface area contributed by atoms with Crippen molar-refractivity contribution in [2.75, 3.05) is 18.0 Å². The second-order valence-corrected chi connectivity index (χ2v) is 4.29. The van der Waals surface area contributed by atoms with Crippen LogP contribution in [-0.4, -0.2) is 34.0 Å². The number of thiocarbonyl (C=S) groups is 1. The molecule has 0 aliphatic carbocycles. The van der Waals surface area contributed by atoms with E-state index in [0.29, 0.717) is 18.2 Å². The van der Waals surface area contributed by atoms with E-state index in [1.165, 1.54) is 0 Å². The van der Waals surface area contributed by atoms with E-state index in [9.17, 15) is 4.79 Å². The van der Waals surface area contributed by atoms with Gasteiger partial charge in [-0.1, -0.05) is 25.6 Å². The molecule has 0 saturated carbocycles. The minimum absolute atomic E-state index is 0.0841. The van der Waals surface area contributed by atoms with Crippen LogP contribution in [0.2, 0.25) is 0 Å². The predicted molar refractivity (Wildman–Crippen MR) is 74.2 cm³/mol. The topological polar surface area (TPSA) is 98.1 Å². The lowest BCUT2D eigenvalue weighted by Crippen LogP contribution is -2.36. The normalized spacial score (nSPS) is 10.1. The van der Waals surface area contributed by atoms with E-state index >= 15 is 0 Å². The summed E-state index contributed by atoms with van der Waals surface area (Å²) >= 11 is 4.86. The lowest BCUT2D eigenvalue weighted by molar-refractivity contribution is -0.116. The van der Waals surface area contributed by atoms with Gasteiger partial charge in [-0.2, -0.15) is 0 Å². The van der Waals surface area contributed by atoms with Crippen molar-refractivity contribution in [2.45, 2.75) is 19.8 Å². The Morgan fingerprint density at radius 2 is 2.22 bits per heavy atom. The number of rotatable bonds is 7. The minimum Gasteiger partial charge on any atom is -0.388 e. The fourth-order valence-electron chi connectivity index (χ4n) is 1.42. The van der Waals surface area contributed by atoms with Crippen LogP contribution in [0, 0.1) is 0 Å². The molecule has 18 heavy (non-hydrogen) atoms. The first-order valence-corrected chi connectivity index (χ1v) is 6.11. The van der Waals surface area contributed by atoms with E-state index in [1.807, 2.05) is 0 Å². The molecule has 1 heterocycles. The molecule has 7 heteroatoms. The van der Waals surface area contributed by atoms with E-state index in [-0.39, 0.29) is 11.5 Å². The van der Waals surface area contributed by atoms with Crippen molar-refractivity contribution in [1.82, 2.24) is 9.97 Å². The first-order chi connectivity index (χ1) is 8.54. The molecule has 0 atom stereocenters. The molecule has 0 saturated heterocycles. The number of carbonyl (C=O) groups excluding carboxylic acids is 1. The van der Waals surface area contributed by atoms with Crippen molar-refractivity contribution < 1.29 is 4.79 Å². The molecular formula is C11H17N5OS. The summed E-state index contributed by atoms with van der Waals surface area (Å²) in [5.74, 6) is 0.00276. The van der Waals surface area contributed by atoms with Crippen molar-refractivity contribution in [3.05, 3.63) is 18.0 Å². The number of nitrogens with zero attached hydrogens (tertiary/aromatic N) is 3. The van der Waals surface area contributed by atoms with Gasteiger partial charge in [-0.3, -0.25) is 4.79 Å². The third-order valence-electron chi connectivity index (χ3n) is 2.31. The number of aromatic nitrogens is 2. The van der Waals surface area contributed by atoms with Gasteiger partial charge in [0.05, 0.1) is 6.54 Å². The number of anilines is 1. The second kappa shape index (κ2) is 6.85. The van der Waals surface area contributed by atoms with Crippen LogP contribution in [0.25, 0.3) is 0 Å². The lowest BCUT2D eigenvalue weighted by atomic mass is 10.3. The van der Waals surface area contributed by atoms with E-state index in [0.717, 1.165) is 12.8 Å². The van der Waals surface area contributed by atoms with Gasteiger partial charge in [0.25, 0.3) is 0 Å². The Bertz CT molecular complexity index is 437. The molecule has 98 valence electrons. The molecule has 1 aromatic heterocycles. The molecule has 0 unspecified atom stereocenters. The summed E-state index contributed by atoms with van der Waals surface area (Å²) in [4.78, 5) is 21.3. The Hall–Kier alpha value is -1.76. The quantitative estimate of drug-likeness (QED) is 0.685. The largest absolute Gasteiger partial charge is 0.388 e. The monoisotopic (exact) mass is 267 g/mol. The number of primary amides is 1. The number of hydrogen-bond donors (Lipinski definition) is 2.